The Morgan fingerprint density at radius 1 is 0.621 bits per heavy atom. The maximum absolute atomic E-state index is 3.95. The van der Waals surface area contributed by atoms with Crippen molar-refractivity contribution < 1.29 is 65.4 Å². The summed E-state index contributed by atoms with van der Waals surface area (Å²) in [5.41, 5.74) is 7.72. The molecule has 0 spiro atoms. The van der Waals surface area contributed by atoms with Crippen LogP contribution in [0.2, 0.25) is 0 Å². The molecule has 0 aromatic heterocycles. The first-order valence-electron chi connectivity index (χ1n) is 8.41. The zero-order valence-electron chi connectivity index (χ0n) is 16.6. The molecule has 2 aromatic carbocycles. The molecule has 2 aromatic rings. The summed E-state index contributed by atoms with van der Waals surface area (Å²) in [6, 6.07) is 13.1. The first-order valence-corrected chi connectivity index (χ1v) is 8.41. The average molecular weight is 552 g/mol. The first kappa shape index (κ1) is 43.2. The molecule has 0 amide bonds. The number of fused-ring (bicyclic) bond motifs is 3. The second kappa shape index (κ2) is 21.5. The zero-order valence-corrected chi connectivity index (χ0v) is 22.3. The fourth-order valence-corrected chi connectivity index (χ4v) is 2.62. The Morgan fingerprint density at radius 2 is 0.897 bits per heavy atom. The van der Waals surface area contributed by atoms with Crippen LogP contribution >= 0.6 is 0 Å². The molecule has 1 aliphatic rings. The Labute approximate surface area is 235 Å². The van der Waals surface area contributed by atoms with Gasteiger partial charge in [0.15, 0.2) is 0 Å². The van der Waals surface area contributed by atoms with E-state index in [0.29, 0.717) is 0 Å². The number of hydrogen-bond donors (Lipinski definition) is 0. The third-order valence-electron chi connectivity index (χ3n) is 3.74. The van der Waals surface area contributed by atoms with Gasteiger partial charge in [0.25, 0.3) is 0 Å². The minimum Gasteiger partial charge on any atom is -0.528 e. The molecule has 0 unspecified atom stereocenters. The van der Waals surface area contributed by atoms with Gasteiger partial charge < -0.3 is 9.80 Å². The SMILES string of the molecule is C.C.C.C.CC.CC.[CH2-]N(C)c1ccc2c(c1)-c1cc(N([CH2-])C)ccc1C2.[Y].[Y]. The Kier molecular flexibility index (Phi) is 32.0. The summed E-state index contributed by atoms with van der Waals surface area (Å²) in [5.74, 6) is 0. The van der Waals surface area contributed by atoms with Crippen molar-refractivity contribution in [2.75, 3.05) is 23.9 Å². The molecule has 0 N–H and O–H groups in total. The topological polar surface area (TPSA) is 6.48 Å². The van der Waals surface area contributed by atoms with E-state index in [1.54, 1.807) is 0 Å². The molecule has 29 heavy (non-hydrogen) atoms. The second-order valence-corrected chi connectivity index (χ2v) is 5.26. The quantitative estimate of drug-likeness (QED) is 0.295. The number of nitrogens with zero attached hydrogens (tertiary/aromatic N) is 2. The van der Waals surface area contributed by atoms with Crippen LogP contribution in [0.4, 0.5) is 11.4 Å². The predicted molar refractivity (Wildman–Crippen MR) is 132 cm³/mol. The predicted octanol–water partition coefficient (Wildman–Crippen LogP) is 8.31. The van der Waals surface area contributed by atoms with Gasteiger partial charge in [0.1, 0.15) is 0 Å². The molecule has 2 radical (unpaired) electrons. The Morgan fingerprint density at radius 3 is 1.14 bits per heavy atom. The van der Waals surface area contributed by atoms with Crippen LogP contribution in [0.25, 0.3) is 11.1 Å². The molecule has 0 saturated carbocycles. The van der Waals surface area contributed by atoms with E-state index in [4.69, 9.17) is 0 Å². The van der Waals surface area contributed by atoms with Crippen LogP contribution in [-0.4, -0.2) is 14.1 Å². The largest absolute Gasteiger partial charge is 0.528 e. The van der Waals surface area contributed by atoms with Gasteiger partial charge in [-0.25, -0.2) is 0 Å². The van der Waals surface area contributed by atoms with Crippen LogP contribution in [0.5, 0.6) is 0 Å². The van der Waals surface area contributed by atoms with E-state index in [2.05, 4.69) is 50.5 Å². The van der Waals surface area contributed by atoms with Crippen molar-refractivity contribution in [2.24, 2.45) is 0 Å². The van der Waals surface area contributed by atoms with Crippen molar-refractivity contribution in [3.8, 4) is 11.1 Å². The van der Waals surface area contributed by atoms with Gasteiger partial charge in [0.2, 0.25) is 0 Å². The minimum atomic E-state index is 0. The maximum Gasteiger partial charge on any atom is 0.00729 e. The number of anilines is 2. The van der Waals surface area contributed by atoms with E-state index < -0.39 is 0 Å². The molecule has 0 heterocycles. The van der Waals surface area contributed by atoms with Crippen LogP contribution in [0.15, 0.2) is 36.4 Å². The summed E-state index contributed by atoms with van der Waals surface area (Å²) in [4.78, 5) is 3.80. The summed E-state index contributed by atoms with van der Waals surface area (Å²) in [5, 5.41) is 0. The Balaban J connectivity index is -0.000000125. The normalized spacial score (nSPS) is 8.28. The van der Waals surface area contributed by atoms with Gasteiger partial charge in [-0.1, -0.05) is 69.5 Å². The standard InChI is InChI=1S/C17H18N2.2C2H6.4CH4.2Y/c1-18(2)14-7-5-12-9-13-6-8-15(19(3)4)11-17(13)16(12)10-14;2*1-2;;;;;;/h5-8,10-11H,1,3,9H2,2,4H3;2*1-2H3;4*1H4;;/q-2;;;;;;;;. The van der Waals surface area contributed by atoms with E-state index in [1.165, 1.54) is 22.3 Å². The van der Waals surface area contributed by atoms with E-state index in [1.807, 2.05) is 51.6 Å². The third-order valence-corrected chi connectivity index (χ3v) is 3.74. The van der Waals surface area contributed by atoms with Crippen LogP contribution in [0.1, 0.15) is 68.5 Å². The van der Waals surface area contributed by atoms with E-state index in [9.17, 15) is 0 Å². The molecular formula is C25H46N2Y2-2. The van der Waals surface area contributed by atoms with Crippen LogP contribution in [-0.2, 0) is 71.8 Å². The van der Waals surface area contributed by atoms with Gasteiger partial charge >= 0.3 is 0 Å². The number of hydrogen-bond acceptors (Lipinski definition) is 2. The van der Waals surface area contributed by atoms with Crippen molar-refractivity contribution in [2.45, 2.75) is 63.8 Å². The van der Waals surface area contributed by atoms with Gasteiger partial charge in [-0.3, -0.25) is 14.1 Å². The molecule has 2 nitrogen and oxygen atoms in total. The maximum atomic E-state index is 3.95. The molecule has 0 atom stereocenters. The molecule has 1 aliphatic carbocycles. The van der Waals surface area contributed by atoms with Crippen LogP contribution in [0.3, 0.4) is 0 Å². The summed E-state index contributed by atoms with van der Waals surface area (Å²) in [6.07, 6.45) is 1.02. The van der Waals surface area contributed by atoms with Crippen molar-refractivity contribution in [1.29, 1.82) is 0 Å². The number of rotatable bonds is 2. The van der Waals surface area contributed by atoms with Crippen molar-refractivity contribution >= 4 is 11.4 Å². The fraction of sp³-hybridized carbons (Fsp3) is 0.440. The summed E-state index contributed by atoms with van der Waals surface area (Å²) < 4.78 is 0. The molecule has 164 valence electrons. The Hall–Kier alpha value is 0.248. The molecule has 3 rings (SSSR count). The minimum absolute atomic E-state index is 0. The summed E-state index contributed by atoms with van der Waals surface area (Å²) >= 11 is 0. The zero-order chi connectivity index (χ0) is 17.6. The van der Waals surface area contributed by atoms with E-state index in [-0.39, 0.29) is 95.1 Å². The van der Waals surface area contributed by atoms with Gasteiger partial charge in [0.05, 0.1) is 0 Å². The average Bonchev–Trinajstić information content (AvgIpc) is 2.95. The van der Waals surface area contributed by atoms with Crippen molar-refractivity contribution in [3.05, 3.63) is 61.6 Å². The second-order valence-electron chi connectivity index (χ2n) is 5.26. The van der Waals surface area contributed by atoms with Gasteiger partial charge in [-0.2, -0.15) is 0 Å². The van der Waals surface area contributed by atoms with Gasteiger partial charge in [-0.15, -0.1) is 0 Å². The molecule has 0 aliphatic heterocycles. The molecule has 0 saturated heterocycles. The van der Waals surface area contributed by atoms with Gasteiger partial charge in [0, 0.05) is 76.8 Å². The monoisotopic (exact) mass is 552 g/mol. The fourth-order valence-electron chi connectivity index (χ4n) is 2.62. The van der Waals surface area contributed by atoms with E-state index in [0.717, 1.165) is 17.8 Å². The van der Waals surface area contributed by atoms with Crippen LogP contribution in [0, 0.1) is 14.1 Å². The first-order chi connectivity index (χ1) is 11.1. The molecular weight excluding hydrogens is 506 g/mol. The van der Waals surface area contributed by atoms with Gasteiger partial charge in [-0.05, 0) is 67.0 Å². The molecule has 4 heteroatoms. The number of benzene rings is 2. The summed E-state index contributed by atoms with van der Waals surface area (Å²) in [7, 11) is 11.8. The van der Waals surface area contributed by atoms with Crippen molar-refractivity contribution in [3.63, 3.8) is 0 Å². The van der Waals surface area contributed by atoms with E-state index >= 15 is 0 Å². The smallest absolute Gasteiger partial charge is 0.00729 e. The Bertz CT molecular complexity index is 583. The molecule has 0 bridgehead atoms. The third kappa shape index (κ3) is 10.9. The van der Waals surface area contributed by atoms with Crippen LogP contribution < -0.4 is 9.80 Å². The molecule has 0 fully saturated rings. The summed E-state index contributed by atoms with van der Waals surface area (Å²) in [6.45, 7) is 8.00. The van der Waals surface area contributed by atoms with Crippen molar-refractivity contribution in [1.82, 2.24) is 0 Å².